The fourth-order valence-corrected chi connectivity index (χ4v) is 3.67. The monoisotopic (exact) mass is 285 g/mol. The first kappa shape index (κ1) is 17.9. The third-order valence-corrected chi connectivity index (χ3v) is 5.35. The number of methoxy groups -OCH3 is 1. The molecule has 0 saturated heterocycles. The van der Waals surface area contributed by atoms with Crippen molar-refractivity contribution in [2.75, 3.05) is 20.3 Å². The Hall–Kier alpha value is -0.120. The molecule has 3 heteroatoms. The summed E-state index contributed by atoms with van der Waals surface area (Å²) in [5, 5.41) is 10.1. The van der Waals surface area contributed by atoms with Crippen LogP contribution in [0.1, 0.15) is 60.3 Å². The summed E-state index contributed by atoms with van der Waals surface area (Å²) in [5.74, 6) is 0.662. The van der Waals surface area contributed by atoms with E-state index >= 15 is 0 Å². The predicted octanol–water partition coefficient (Wildman–Crippen LogP) is 3.31. The minimum Gasteiger partial charge on any atom is -0.393 e. The number of hydrogen-bond donors (Lipinski definition) is 1. The molecular formula is C17H35NO2. The molecule has 3 atom stereocenters. The molecule has 0 bridgehead atoms. The van der Waals surface area contributed by atoms with Gasteiger partial charge < -0.3 is 9.84 Å². The molecule has 0 amide bonds. The lowest BCUT2D eigenvalue weighted by Crippen LogP contribution is -2.53. The fourth-order valence-electron chi connectivity index (χ4n) is 3.67. The van der Waals surface area contributed by atoms with E-state index in [9.17, 15) is 5.11 Å². The number of aliphatic hydroxyl groups is 1. The van der Waals surface area contributed by atoms with Gasteiger partial charge in [0.05, 0.1) is 12.7 Å². The van der Waals surface area contributed by atoms with E-state index in [1.54, 1.807) is 7.11 Å². The third-order valence-electron chi connectivity index (χ3n) is 5.35. The van der Waals surface area contributed by atoms with E-state index in [1.807, 2.05) is 0 Å². The number of aliphatic hydroxyl groups excluding tert-OH is 1. The summed E-state index contributed by atoms with van der Waals surface area (Å²) in [4.78, 5) is 2.55. The van der Waals surface area contributed by atoms with Crippen LogP contribution in [0.2, 0.25) is 0 Å². The third kappa shape index (κ3) is 4.44. The van der Waals surface area contributed by atoms with Crippen molar-refractivity contribution >= 4 is 0 Å². The van der Waals surface area contributed by atoms with Crippen molar-refractivity contribution in [2.45, 2.75) is 78.5 Å². The molecule has 0 aliphatic heterocycles. The van der Waals surface area contributed by atoms with E-state index in [1.165, 1.54) is 6.42 Å². The first-order valence-corrected chi connectivity index (χ1v) is 8.26. The van der Waals surface area contributed by atoms with Crippen molar-refractivity contribution in [3.8, 4) is 0 Å². The summed E-state index contributed by atoms with van der Waals surface area (Å²) in [6.07, 6.45) is 4.08. The molecule has 1 rings (SSSR count). The Bertz CT molecular complexity index is 278. The molecule has 0 radical (unpaired) electrons. The molecule has 0 aromatic carbocycles. The zero-order chi connectivity index (χ0) is 15.3. The van der Waals surface area contributed by atoms with Crippen LogP contribution in [0.4, 0.5) is 0 Å². The first-order valence-electron chi connectivity index (χ1n) is 8.26. The van der Waals surface area contributed by atoms with Gasteiger partial charge in [-0.15, -0.1) is 0 Å². The van der Waals surface area contributed by atoms with Crippen LogP contribution in [0, 0.1) is 11.3 Å². The zero-order valence-electron chi connectivity index (χ0n) is 14.4. The van der Waals surface area contributed by atoms with Crippen molar-refractivity contribution in [2.24, 2.45) is 11.3 Å². The lowest BCUT2D eigenvalue weighted by Gasteiger charge is -2.49. The molecule has 0 spiro atoms. The van der Waals surface area contributed by atoms with Gasteiger partial charge in [0, 0.05) is 25.7 Å². The Morgan fingerprint density at radius 1 is 1.30 bits per heavy atom. The SMILES string of the molecule is CCC(C)(C)C1CCC(O)CC1N(CCOC)C(C)C. The standard InChI is InChI=1S/C17H35NO2/c1-7-17(4,5)15-9-8-14(19)12-16(15)18(13(2)3)10-11-20-6/h13-16,19H,7-12H2,1-6H3. The molecule has 1 fully saturated rings. The predicted molar refractivity (Wildman–Crippen MR) is 84.9 cm³/mol. The van der Waals surface area contributed by atoms with Gasteiger partial charge in [-0.2, -0.15) is 0 Å². The second-order valence-electron chi connectivity index (χ2n) is 7.31. The van der Waals surface area contributed by atoms with Gasteiger partial charge in [0.15, 0.2) is 0 Å². The van der Waals surface area contributed by atoms with Gasteiger partial charge >= 0.3 is 0 Å². The van der Waals surface area contributed by atoms with Crippen molar-refractivity contribution in [1.82, 2.24) is 4.90 Å². The van der Waals surface area contributed by atoms with Gasteiger partial charge in [-0.05, 0) is 44.4 Å². The molecule has 0 aromatic rings. The van der Waals surface area contributed by atoms with Gasteiger partial charge in [0.25, 0.3) is 0 Å². The van der Waals surface area contributed by atoms with Crippen LogP contribution in [0.15, 0.2) is 0 Å². The van der Waals surface area contributed by atoms with Gasteiger partial charge in [0.2, 0.25) is 0 Å². The highest BCUT2D eigenvalue weighted by molar-refractivity contribution is 4.94. The van der Waals surface area contributed by atoms with E-state index in [-0.39, 0.29) is 6.10 Å². The average molecular weight is 285 g/mol. The smallest absolute Gasteiger partial charge is 0.0589 e. The highest BCUT2D eigenvalue weighted by atomic mass is 16.5. The Balaban J connectivity index is 2.91. The number of rotatable bonds is 7. The van der Waals surface area contributed by atoms with Crippen molar-refractivity contribution in [1.29, 1.82) is 0 Å². The Morgan fingerprint density at radius 2 is 1.95 bits per heavy atom. The summed E-state index contributed by atoms with van der Waals surface area (Å²) >= 11 is 0. The maximum atomic E-state index is 10.1. The number of ether oxygens (including phenoxy) is 1. The van der Waals surface area contributed by atoms with Crippen LogP contribution in [0.25, 0.3) is 0 Å². The van der Waals surface area contributed by atoms with E-state index < -0.39 is 0 Å². The van der Waals surface area contributed by atoms with Gasteiger partial charge in [-0.25, -0.2) is 0 Å². The molecule has 1 N–H and O–H groups in total. The molecule has 3 nitrogen and oxygen atoms in total. The Kier molecular flexibility index (Phi) is 6.96. The maximum Gasteiger partial charge on any atom is 0.0589 e. The van der Waals surface area contributed by atoms with Crippen LogP contribution < -0.4 is 0 Å². The van der Waals surface area contributed by atoms with E-state index in [4.69, 9.17) is 4.74 Å². The van der Waals surface area contributed by atoms with Crippen LogP contribution in [0.3, 0.4) is 0 Å². The molecule has 1 aliphatic carbocycles. The van der Waals surface area contributed by atoms with Gasteiger partial charge in [-0.1, -0.05) is 27.2 Å². The van der Waals surface area contributed by atoms with Crippen molar-refractivity contribution < 1.29 is 9.84 Å². The normalized spacial score (nSPS) is 28.4. The van der Waals surface area contributed by atoms with E-state index in [0.29, 0.717) is 23.4 Å². The van der Waals surface area contributed by atoms with Crippen LogP contribution in [-0.2, 0) is 4.74 Å². The summed E-state index contributed by atoms with van der Waals surface area (Å²) in [5.41, 5.74) is 0.338. The quantitative estimate of drug-likeness (QED) is 0.779. The first-order chi connectivity index (χ1) is 9.33. The number of hydrogen-bond acceptors (Lipinski definition) is 3. The van der Waals surface area contributed by atoms with Gasteiger partial charge in [-0.3, -0.25) is 4.90 Å². The largest absolute Gasteiger partial charge is 0.393 e. The lowest BCUT2D eigenvalue weighted by atomic mass is 9.66. The highest BCUT2D eigenvalue weighted by Crippen LogP contribution is 2.43. The molecule has 120 valence electrons. The molecule has 1 aliphatic rings. The molecule has 20 heavy (non-hydrogen) atoms. The fraction of sp³-hybridized carbons (Fsp3) is 1.00. The van der Waals surface area contributed by atoms with E-state index in [0.717, 1.165) is 32.4 Å². The van der Waals surface area contributed by atoms with Crippen LogP contribution >= 0.6 is 0 Å². The summed E-state index contributed by atoms with van der Waals surface area (Å²) in [7, 11) is 1.77. The van der Waals surface area contributed by atoms with Crippen LogP contribution in [0.5, 0.6) is 0 Å². The lowest BCUT2D eigenvalue weighted by molar-refractivity contribution is -0.0361. The number of nitrogens with zero attached hydrogens (tertiary/aromatic N) is 1. The topological polar surface area (TPSA) is 32.7 Å². The Labute approximate surface area is 125 Å². The molecule has 3 unspecified atom stereocenters. The molecular weight excluding hydrogens is 250 g/mol. The van der Waals surface area contributed by atoms with E-state index in [2.05, 4.69) is 39.5 Å². The zero-order valence-corrected chi connectivity index (χ0v) is 14.4. The van der Waals surface area contributed by atoms with Gasteiger partial charge in [0.1, 0.15) is 0 Å². The van der Waals surface area contributed by atoms with Crippen molar-refractivity contribution in [3.05, 3.63) is 0 Å². The van der Waals surface area contributed by atoms with Crippen molar-refractivity contribution in [3.63, 3.8) is 0 Å². The minimum absolute atomic E-state index is 0.132. The summed E-state index contributed by atoms with van der Waals surface area (Å²) < 4.78 is 5.28. The average Bonchev–Trinajstić information content (AvgIpc) is 2.38. The minimum atomic E-state index is -0.132. The Morgan fingerprint density at radius 3 is 2.45 bits per heavy atom. The summed E-state index contributed by atoms with van der Waals surface area (Å²) in [6, 6.07) is 0.972. The highest BCUT2D eigenvalue weighted by Gasteiger charge is 2.41. The van der Waals surface area contributed by atoms with Crippen LogP contribution in [-0.4, -0.2) is 48.5 Å². The molecule has 0 heterocycles. The second kappa shape index (κ2) is 7.77. The maximum absolute atomic E-state index is 10.1. The second-order valence-corrected chi connectivity index (χ2v) is 7.31. The summed E-state index contributed by atoms with van der Waals surface area (Å²) in [6.45, 7) is 13.3. The molecule has 0 aromatic heterocycles. The molecule has 1 saturated carbocycles.